The minimum Gasteiger partial charge on any atom is -0.371 e. The fourth-order valence-corrected chi connectivity index (χ4v) is 2.96. The molecule has 2 rings (SSSR count). The van der Waals surface area contributed by atoms with Gasteiger partial charge in [0.15, 0.2) is 0 Å². The van der Waals surface area contributed by atoms with Crippen molar-refractivity contribution in [3.05, 3.63) is 29.3 Å². The first kappa shape index (κ1) is 13.4. The molecule has 1 aromatic rings. The Labute approximate surface area is 111 Å². The molecule has 0 aromatic heterocycles. The molecule has 2 heteroatoms. The van der Waals surface area contributed by atoms with Crippen molar-refractivity contribution in [3.8, 4) is 0 Å². The summed E-state index contributed by atoms with van der Waals surface area (Å²) in [4.78, 5) is 2.53. The van der Waals surface area contributed by atoms with Gasteiger partial charge in [-0.2, -0.15) is 0 Å². The Morgan fingerprint density at radius 1 is 1.33 bits per heavy atom. The van der Waals surface area contributed by atoms with Crippen LogP contribution in [0.2, 0.25) is 0 Å². The van der Waals surface area contributed by atoms with Crippen LogP contribution < -0.4 is 10.6 Å². The van der Waals surface area contributed by atoms with Crippen LogP contribution in [0.5, 0.6) is 0 Å². The predicted octanol–water partition coefficient (Wildman–Crippen LogP) is 3.12. The van der Waals surface area contributed by atoms with Crippen LogP contribution in [0.25, 0.3) is 0 Å². The van der Waals surface area contributed by atoms with E-state index in [4.69, 9.17) is 5.73 Å². The number of anilines is 1. The molecule has 1 aliphatic heterocycles. The maximum absolute atomic E-state index is 5.64. The summed E-state index contributed by atoms with van der Waals surface area (Å²) in [6.07, 6.45) is 3.63. The van der Waals surface area contributed by atoms with Gasteiger partial charge in [-0.25, -0.2) is 0 Å². The number of nitrogens with two attached hydrogens (primary N) is 1. The van der Waals surface area contributed by atoms with Gasteiger partial charge in [-0.1, -0.05) is 19.9 Å². The lowest BCUT2D eigenvalue weighted by Gasteiger charge is -2.39. The fourth-order valence-electron chi connectivity index (χ4n) is 2.96. The van der Waals surface area contributed by atoms with Gasteiger partial charge in [0, 0.05) is 18.8 Å². The largest absolute Gasteiger partial charge is 0.371 e. The van der Waals surface area contributed by atoms with Crippen LogP contribution in [0.3, 0.4) is 0 Å². The third kappa shape index (κ3) is 3.05. The van der Waals surface area contributed by atoms with E-state index in [2.05, 4.69) is 43.9 Å². The highest BCUT2D eigenvalue weighted by Crippen LogP contribution is 2.32. The van der Waals surface area contributed by atoms with E-state index in [9.17, 15) is 0 Å². The maximum Gasteiger partial charge on any atom is 0.0369 e. The molecule has 1 fully saturated rings. The molecule has 1 aromatic carbocycles. The van der Waals surface area contributed by atoms with Gasteiger partial charge in [0.2, 0.25) is 0 Å². The normalized spacial score (nSPS) is 19.0. The number of benzene rings is 1. The molecule has 100 valence electrons. The second-order valence-corrected chi connectivity index (χ2v) is 6.34. The SMILES string of the molecule is Cc1cc(N2CCCC(C)(C)C2)ccc1CCN. The van der Waals surface area contributed by atoms with Crippen molar-refractivity contribution in [1.29, 1.82) is 0 Å². The molecular weight excluding hydrogens is 220 g/mol. The van der Waals surface area contributed by atoms with Crippen molar-refractivity contribution in [2.75, 3.05) is 24.5 Å². The number of aryl methyl sites for hydroxylation is 1. The number of hydrogen-bond donors (Lipinski definition) is 1. The number of piperidine rings is 1. The summed E-state index contributed by atoms with van der Waals surface area (Å²) in [5, 5.41) is 0. The molecule has 0 amide bonds. The molecule has 2 nitrogen and oxygen atoms in total. The molecule has 0 saturated carbocycles. The van der Waals surface area contributed by atoms with Crippen molar-refractivity contribution < 1.29 is 0 Å². The van der Waals surface area contributed by atoms with E-state index in [0.29, 0.717) is 5.41 Å². The summed E-state index contributed by atoms with van der Waals surface area (Å²) in [5.74, 6) is 0. The smallest absolute Gasteiger partial charge is 0.0369 e. The number of rotatable bonds is 3. The molecule has 0 bridgehead atoms. The highest BCUT2D eigenvalue weighted by atomic mass is 15.1. The minimum atomic E-state index is 0.447. The van der Waals surface area contributed by atoms with Gasteiger partial charge in [-0.05, 0) is 61.4 Å². The van der Waals surface area contributed by atoms with Crippen LogP contribution >= 0.6 is 0 Å². The van der Waals surface area contributed by atoms with Gasteiger partial charge in [0.1, 0.15) is 0 Å². The summed E-state index contributed by atoms with van der Waals surface area (Å²) in [6, 6.07) is 6.84. The Kier molecular flexibility index (Phi) is 3.96. The zero-order valence-electron chi connectivity index (χ0n) is 12.0. The zero-order valence-corrected chi connectivity index (χ0v) is 12.0. The molecule has 1 saturated heterocycles. The number of nitrogens with zero attached hydrogens (tertiary/aromatic N) is 1. The van der Waals surface area contributed by atoms with Crippen LogP contribution in [-0.4, -0.2) is 19.6 Å². The van der Waals surface area contributed by atoms with Crippen molar-refractivity contribution >= 4 is 5.69 Å². The van der Waals surface area contributed by atoms with Gasteiger partial charge in [-0.15, -0.1) is 0 Å². The Morgan fingerprint density at radius 3 is 2.72 bits per heavy atom. The topological polar surface area (TPSA) is 29.3 Å². The van der Waals surface area contributed by atoms with Crippen LogP contribution in [0.1, 0.15) is 37.8 Å². The van der Waals surface area contributed by atoms with Crippen LogP contribution in [-0.2, 0) is 6.42 Å². The van der Waals surface area contributed by atoms with Gasteiger partial charge >= 0.3 is 0 Å². The van der Waals surface area contributed by atoms with E-state index in [1.54, 1.807) is 0 Å². The molecule has 0 aliphatic carbocycles. The first-order chi connectivity index (χ1) is 8.52. The first-order valence-electron chi connectivity index (χ1n) is 7.06. The van der Waals surface area contributed by atoms with Crippen molar-refractivity contribution in [1.82, 2.24) is 0 Å². The Bertz CT molecular complexity index is 410. The summed E-state index contributed by atoms with van der Waals surface area (Å²) in [7, 11) is 0. The van der Waals surface area contributed by atoms with E-state index < -0.39 is 0 Å². The van der Waals surface area contributed by atoms with Gasteiger partial charge in [0.05, 0.1) is 0 Å². The van der Waals surface area contributed by atoms with Crippen molar-refractivity contribution in [2.45, 2.75) is 40.0 Å². The second-order valence-electron chi connectivity index (χ2n) is 6.34. The van der Waals surface area contributed by atoms with Gasteiger partial charge in [-0.3, -0.25) is 0 Å². The summed E-state index contributed by atoms with van der Waals surface area (Å²) in [6.45, 7) is 10.0. The molecule has 0 radical (unpaired) electrons. The average molecular weight is 246 g/mol. The van der Waals surface area contributed by atoms with E-state index in [1.165, 1.54) is 42.7 Å². The summed E-state index contributed by atoms with van der Waals surface area (Å²) in [5.41, 5.74) is 10.2. The molecular formula is C16H26N2. The highest BCUT2D eigenvalue weighted by molar-refractivity contribution is 5.51. The lowest BCUT2D eigenvalue weighted by Crippen LogP contribution is -2.40. The monoisotopic (exact) mass is 246 g/mol. The van der Waals surface area contributed by atoms with E-state index in [0.717, 1.165) is 13.0 Å². The third-order valence-electron chi connectivity index (χ3n) is 4.01. The van der Waals surface area contributed by atoms with Crippen LogP contribution in [0.4, 0.5) is 5.69 Å². The molecule has 1 heterocycles. The van der Waals surface area contributed by atoms with E-state index in [1.807, 2.05) is 0 Å². The van der Waals surface area contributed by atoms with Gasteiger partial charge < -0.3 is 10.6 Å². The highest BCUT2D eigenvalue weighted by Gasteiger charge is 2.26. The first-order valence-corrected chi connectivity index (χ1v) is 7.06. The zero-order chi connectivity index (χ0) is 13.2. The van der Waals surface area contributed by atoms with Crippen molar-refractivity contribution in [3.63, 3.8) is 0 Å². The molecule has 1 aliphatic rings. The van der Waals surface area contributed by atoms with Crippen LogP contribution in [0, 0.1) is 12.3 Å². The standard InChI is InChI=1S/C16H26N2/c1-13-11-15(6-5-14(13)7-9-17)18-10-4-8-16(2,3)12-18/h5-6,11H,4,7-10,12,17H2,1-3H3. The molecule has 0 unspecified atom stereocenters. The molecule has 18 heavy (non-hydrogen) atoms. The Balaban J connectivity index is 2.16. The second kappa shape index (κ2) is 5.31. The fraction of sp³-hybridized carbons (Fsp3) is 0.625. The average Bonchev–Trinajstić information content (AvgIpc) is 2.30. The molecule has 2 N–H and O–H groups in total. The lowest BCUT2D eigenvalue weighted by molar-refractivity contribution is 0.293. The lowest BCUT2D eigenvalue weighted by atomic mass is 9.84. The molecule has 0 atom stereocenters. The molecule has 0 spiro atoms. The van der Waals surface area contributed by atoms with E-state index in [-0.39, 0.29) is 0 Å². The maximum atomic E-state index is 5.64. The quantitative estimate of drug-likeness (QED) is 0.888. The third-order valence-corrected chi connectivity index (χ3v) is 4.01. The minimum absolute atomic E-state index is 0.447. The summed E-state index contributed by atoms with van der Waals surface area (Å²) < 4.78 is 0. The van der Waals surface area contributed by atoms with E-state index >= 15 is 0 Å². The van der Waals surface area contributed by atoms with Gasteiger partial charge in [0.25, 0.3) is 0 Å². The predicted molar refractivity (Wildman–Crippen MR) is 79.2 cm³/mol. The Morgan fingerprint density at radius 2 is 2.11 bits per heavy atom. The van der Waals surface area contributed by atoms with Crippen molar-refractivity contribution in [2.24, 2.45) is 11.1 Å². The van der Waals surface area contributed by atoms with Crippen LogP contribution in [0.15, 0.2) is 18.2 Å². The number of hydrogen-bond acceptors (Lipinski definition) is 2. The Hall–Kier alpha value is -1.02. The summed E-state index contributed by atoms with van der Waals surface area (Å²) >= 11 is 0.